The topological polar surface area (TPSA) is 80.2 Å². The van der Waals surface area contributed by atoms with Crippen molar-refractivity contribution in [3.05, 3.63) is 63.1 Å². The maximum absolute atomic E-state index is 12.6. The van der Waals surface area contributed by atoms with Gasteiger partial charge in [0.1, 0.15) is 12.2 Å². The summed E-state index contributed by atoms with van der Waals surface area (Å²) in [5.74, 6) is -0.498. The summed E-state index contributed by atoms with van der Waals surface area (Å²) in [4.78, 5) is 36.7. The smallest absolute Gasteiger partial charge is 0.274 e. The van der Waals surface area contributed by atoms with Gasteiger partial charge in [-0.15, -0.1) is 0 Å². The molecule has 0 saturated carbocycles. The molecule has 2 N–H and O–H groups in total. The summed E-state index contributed by atoms with van der Waals surface area (Å²) in [6, 6.07) is 9.21. The maximum Gasteiger partial charge on any atom is 0.274 e. The Kier molecular flexibility index (Phi) is 6.55. The van der Waals surface area contributed by atoms with E-state index in [0.29, 0.717) is 5.69 Å². The summed E-state index contributed by atoms with van der Waals surface area (Å²) < 4.78 is 1.37. The van der Waals surface area contributed by atoms with Crippen molar-refractivity contribution in [2.75, 3.05) is 5.32 Å². The number of aryl methyl sites for hydroxylation is 3. The number of aromatic nitrogens is 1. The molecule has 0 radical (unpaired) electrons. The quantitative estimate of drug-likeness (QED) is 0.821. The second-order valence-corrected chi connectivity index (χ2v) is 6.83. The van der Waals surface area contributed by atoms with E-state index < -0.39 is 0 Å². The van der Waals surface area contributed by atoms with Crippen molar-refractivity contribution < 1.29 is 9.59 Å². The third-order valence-corrected chi connectivity index (χ3v) is 4.56. The minimum Gasteiger partial charge on any atom is -0.348 e. The van der Waals surface area contributed by atoms with Crippen molar-refractivity contribution in [3.63, 3.8) is 0 Å². The SMILES string of the molecule is CCC(=O)Nc1ccc(C)n(CC(=O)N[C@H](C)c2ccc(C)cc2C)c1=O. The monoisotopic (exact) mass is 369 g/mol. The van der Waals surface area contributed by atoms with Crippen LogP contribution in [-0.4, -0.2) is 16.4 Å². The molecular weight excluding hydrogens is 342 g/mol. The average molecular weight is 369 g/mol. The van der Waals surface area contributed by atoms with Gasteiger partial charge in [-0.3, -0.25) is 14.4 Å². The van der Waals surface area contributed by atoms with Gasteiger partial charge in [-0.2, -0.15) is 0 Å². The number of carbonyl (C=O) groups is 2. The highest BCUT2D eigenvalue weighted by Gasteiger charge is 2.15. The third-order valence-electron chi connectivity index (χ3n) is 4.56. The zero-order chi connectivity index (χ0) is 20.1. The molecule has 1 aromatic heterocycles. The van der Waals surface area contributed by atoms with Gasteiger partial charge in [0, 0.05) is 12.1 Å². The van der Waals surface area contributed by atoms with Crippen LogP contribution in [0.3, 0.4) is 0 Å². The third kappa shape index (κ3) is 5.06. The van der Waals surface area contributed by atoms with Crippen LogP contribution in [0.5, 0.6) is 0 Å². The van der Waals surface area contributed by atoms with Gasteiger partial charge in [-0.05, 0) is 51.0 Å². The zero-order valence-electron chi connectivity index (χ0n) is 16.6. The van der Waals surface area contributed by atoms with Crippen LogP contribution in [-0.2, 0) is 16.1 Å². The van der Waals surface area contributed by atoms with E-state index in [2.05, 4.69) is 16.7 Å². The number of hydrogen-bond donors (Lipinski definition) is 2. The number of nitrogens with one attached hydrogen (secondary N) is 2. The molecule has 6 heteroatoms. The summed E-state index contributed by atoms with van der Waals surface area (Å²) in [5.41, 5.74) is 3.78. The first-order valence-corrected chi connectivity index (χ1v) is 9.09. The fourth-order valence-electron chi connectivity index (χ4n) is 3.02. The largest absolute Gasteiger partial charge is 0.348 e. The van der Waals surface area contributed by atoms with Gasteiger partial charge in [0.25, 0.3) is 5.56 Å². The van der Waals surface area contributed by atoms with Crippen LogP contribution < -0.4 is 16.2 Å². The van der Waals surface area contributed by atoms with E-state index in [4.69, 9.17) is 0 Å². The van der Waals surface area contributed by atoms with Crippen LogP contribution in [0.1, 0.15) is 48.7 Å². The van der Waals surface area contributed by atoms with Gasteiger partial charge in [-0.25, -0.2) is 0 Å². The Morgan fingerprint density at radius 2 is 1.78 bits per heavy atom. The van der Waals surface area contributed by atoms with Crippen molar-refractivity contribution in [2.24, 2.45) is 0 Å². The van der Waals surface area contributed by atoms with Crippen LogP contribution in [0.2, 0.25) is 0 Å². The van der Waals surface area contributed by atoms with Crippen LogP contribution in [0.25, 0.3) is 0 Å². The van der Waals surface area contributed by atoms with E-state index in [1.807, 2.05) is 32.9 Å². The van der Waals surface area contributed by atoms with Crippen LogP contribution in [0, 0.1) is 20.8 Å². The zero-order valence-corrected chi connectivity index (χ0v) is 16.6. The Morgan fingerprint density at radius 3 is 2.41 bits per heavy atom. The number of benzene rings is 1. The lowest BCUT2D eigenvalue weighted by Crippen LogP contribution is -2.35. The highest BCUT2D eigenvalue weighted by Crippen LogP contribution is 2.18. The number of amides is 2. The number of rotatable bonds is 6. The Bertz CT molecular complexity index is 915. The molecule has 0 saturated heterocycles. The first-order valence-electron chi connectivity index (χ1n) is 9.09. The van der Waals surface area contributed by atoms with Gasteiger partial charge >= 0.3 is 0 Å². The lowest BCUT2D eigenvalue weighted by molar-refractivity contribution is -0.122. The Hall–Kier alpha value is -2.89. The molecule has 6 nitrogen and oxygen atoms in total. The Balaban J connectivity index is 2.16. The summed E-state index contributed by atoms with van der Waals surface area (Å²) in [6.45, 7) is 9.33. The van der Waals surface area contributed by atoms with E-state index in [9.17, 15) is 14.4 Å². The molecule has 0 spiro atoms. The number of nitrogens with zero attached hydrogens (tertiary/aromatic N) is 1. The molecule has 0 aliphatic rings. The predicted octanol–water partition coefficient (Wildman–Crippen LogP) is 3.00. The average Bonchev–Trinajstić information content (AvgIpc) is 2.60. The molecule has 2 aromatic rings. The van der Waals surface area contributed by atoms with Gasteiger partial charge in [-0.1, -0.05) is 30.7 Å². The molecule has 2 rings (SSSR count). The van der Waals surface area contributed by atoms with E-state index in [1.54, 1.807) is 26.0 Å². The van der Waals surface area contributed by atoms with Gasteiger partial charge in [0.05, 0.1) is 6.04 Å². The highest BCUT2D eigenvalue weighted by molar-refractivity contribution is 5.90. The molecule has 144 valence electrons. The molecule has 0 aliphatic heterocycles. The Labute approximate surface area is 159 Å². The summed E-state index contributed by atoms with van der Waals surface area (Å²) in [5, 5.41) is 5.52. The number of carbonyl (C=O) groups excluding carboxylic acids is 2. The van der Waals surface area contributed by atoms with Crippen molar-refractivity contribution in [1.29, 1.82) is 0 Å². The lowest BCUT2D eigenvalue weighted by atomic mass is 10.0. The van der Waals surface area contributed by atoms with Crippen molar-refractivity contribution in [2.45, 2.75) is 53.6 Å². The van der Waals surface area contributed by atoms with Crippen molar-refractivity contribution in [1.82, 2.24) is 9.88 Å². The minimum absolute atomic E-state index is 0.101. The highest BCUT2D eigenvalue weighted by atomic mass is 16.2. The molecule has 0 bridgehead atoms. The van der Waals surface area contributed by atoms with Gasteiger partial charge in [0.15, 0.2) is 0 Å². The minimum atomic E-state index is -0.383. The van der Waals surface area contributed by atoms with E-state index in [-0.39, 0.29) is 42.1 Å². The van der Waals surface area contributed by atoms with Crippen molar-refractivity contribution in [3.8, 4) is 0 Å². The molecule has 1 atom stereocenters. The van der Waals surface area contributed by atoms with Crippen LogP contribution in [0.4, 0.5) is 5.69 Å². The fraction of sp³-hybridized carbons (Fsp3) is 0.381. The van der Waals surface area contributed by atoms with Crippen molar-refractivity contribution >= 4 is 17.5 Å². The second-order valence-electron chi connectivity index (χ2n) is 6.83. The lowest BCUT2D eigenvalue weighted by Gasteiger charge is -2.18. The van der Waals surface area contributed by atoms with E-state index in [0.717, 1.165) is 11.1 Å². The molecular formula is C21H27N3O3. The molecule has 0 fully saturated rings. The van der Waals surface area contributed by atoms with E-state index >= 15 is 0 Å². The normalized spacial score (nSPS) is 11.7. The first kappa shape index (κ1) is 20.4. The first-order chi connectivity index (χ1) is 12.7. The second kappa shape index (κ2) is 8.66. The molecule has 0 aliphatic carbocycles. The van der Waals surface area contributed by atoms with E-state index in [1.165, 1.54) is 10.1 Å². The van der Waals surface area contributed by atoms with Gasteiger partial charge in [0.2, 0.25) is 11.8 Å². The summed E-state index contributed by atoms with van der Waals surface area (Å²) in [7, 11) is 0. The van der Waals surface area contributed by atoms with Crippen LogP contribution in [0.15, 0.2) is 35.1 Å². The number of anilines is 1. The molecule has 27 heavy (non-hydrogen) atoms. The summed E-state index contributed by atoms with van der Waals surface area (Å²) >= 11 is 0. The molecule has 1 aromatic carbocycles. The van der Waals surface area contributed by atoms with Crippen LogP contribution >= 0.6 is 0 Å². The summed E-state index contributed by atoms with van der Waals surface area (Å²) in [6.07, 6.45) is 0.279. The standard InChI is InChI=1S/C21H27N3O3/c1-6-19(25)23-18-10-8-15(4)24(21(18)27)12-20(26)22-16(5)17-9-7-13(2)11-14(17)3/h7-11,16H,6,12H2,1-5H3,(H,22,26)(H,23,25)/t16-/m1/s1. The number of hydrogen-bond acceptors (Lipinski definition) is 3. The predicted molar refractivity (Wildman–Crippen MR) is 107 cm³/mol. The molecule has 1 heterocycles. The Morgan fingerprint density at radius 1 is 1.07 bits per heavy atom. The van der Waals surface area contributed by atoms with Gasteiger partial charge < -0.3 is 15.2 Å². The fourth-order valence-corrected chi connectivity index (χ4v) is 3.02. The number of pyridine rings is 1. The molecule has 0 unspecified atom stereocenters. The molecule has 2 amide bonds. The maximum atomic E-state index is 12.6.